The van der Waals surface area contributed by atoms with E-state index < -0.39 is 0 Å². The van der Waals surface area contributed by atoms with Gasteiger partial charge in [-0.05, 0) is 54.7 Å². The summed E-state index contributed by atoms with van der Waals surface area (Å²) in [6.07, 6.45) is 15.3. The van der Waals surface area contributed by atoms with Crippen LogP contribution in [-0.4, -0.2) is 0 Å². The third-order valence-electron chi connectivity index (χ3n) is 5.75. The molecule has 2 aliphatic carbocycles. The lowest BCUT2D eigenvalue weighted by atomic mass is 9.77. The molecule has 3 rings (SSSR count). The third kappa shape index (κ3) is 3.80. The molecule has 0 nitrogen and oxygen atoms in total. The highest BCUT2D eigenvalue weighted by atomic mass is 19.1. The highest BCUT2D eigenvalue weighted by Gasteiger charge is 2.21. The Morgan fingerprint density at radius 1 is 1.00 bits per heavy atom. The lowest BCUT2D eigenvalue weighted by Crippen LogP contribution is -2.14. The van der Waals surface area contributed by atoms with E-state index in [1.807, 2.05) is 6.07 Å². The van der Waals surface area contributed by atoms with Gasteiger partial charge < -0.3 is 0 Å². The molecule has 1 heteroatoms. The van der Waals surface area contributed by atoms with Crippen LogP contribution in [-0.2, 0) is 6.42 Å². The van der Waals surface area contributed by atoms with Gasteiger partial charge in [0.25, 0.3) is 0 Å². The number of hydrogen-bond donors (Lipinski definition) is 0. The van der Waals surface area contributed by atoms with Crippen LogP contribution in [0.2, 0.25) is 0 Å². The van der Waals surface area contributed by atoms with Crippen molar-refractivity contribution in [3.05, 3.63) is 40.7 Å². The first-order chi connectivity index (χ1) is 10.8. The lowest BCUT2D eigenvalue weighted by Gasteiger charge is -2.29. The Labute approximate surface area is 134 Å². The summed E-state index contributed by atoms with van der Waals surface area (Å²) in [5.41, 5.74) is 3.58. The van der Waals surface area contributed by atoms with Gasteiger partial charge in [-0.25, -0.2) is 4.39 Å². The fourth-order valence-corrected chi connectivity index (χ4v) is 4.36. The zero-order chi connectivity index (χ0) is 15.4. The normalized spacial score (nSPS) is 24.7. The van der Waals surface area contributed by atoms with Gasteiger partial charge in [-0.3, -0.25) is 0 Å². The van der Waals surface area contributed by atoms with Gasteiger partial charge in [0.2, 0.25) is 0 Å². The minimum atomic E-state index is -0.0259. The van der Waals surface area contributed by atoms with Crippen molar-refractivity contribution in [2.24, 2.45) is 11.8 Å². The van der Waals surface area contributed by atoms with E-state index in [1.165, 1.54) is 56.9 Å². The molecule has 0 bridgehead atoms. The van der Waals surface area contributed by atoms with Crippen molar-refractivity contribution in [1.29, 1.82) is 0 Å². The van der Waals surface area contributed by atoms with Crippen molar-refractivity contribution in [2.75, 3.05) is 0 Å². The Kier molecular flexibility index (Phi) is 5.33. The predicted octanol–water partition coefficient (Wildman–Crippen LogP) is 6.54. The Balaban J connectivity index is 1.51. The van der Waals surface area contributed by atoms with Crippen LogP contribution in [0.25, 0.3) is 6.08 Å². The van der Waals surface area contributed by atoms with Gasteiger partial charge in [0.15, 0.2) is 0 Å². The summed E-state index contributed by atoms with van der Waals surface area (Å²) in [4.78, 5) is 0. The van der Waals surface area contributed by atoms with E-state index in [4.69, 9.17) is 0 Å². The van der Waals surface area contributed by atoms with Gasteiger partial charge >= 0.3 is 0 Å². The predicted molar refractivity (Wildman–Crippen MR) is 92.3 cm³/mol. The van der Waals surface area contributed by atoms with Crippen LogP contribution >= 0.6 is 0 Å². The molecule has 120 valence electrons. The lowest BCUT2D eigenvalue weighted by molar-refractivity contribution is 0.252. The summed E-state index contributed by atoms with van der Waals surface area (Å²) < 4.78 is 13.7. The summed E-state index contributed by atoms with van der Waals surface area (Å²) in [7, 11) is 0. The van der Waals surface area contributed by atoms with Crippen molar-refractivity contribution in [3.8, 4) is 0 Å². The smallest absolute Gasteiger partial charge is 0.127 e. The van der Waals surface area contributed by atoms with Crippen molar-refractivity contribution in [2.45, 2.75) is 71.1 Å². The van der Waals surface area contributed by atoms with Gasteiger partial charge in [0.05, 0.1) is 0 Å². The van der Waals surface area contributed by atoms with Crippen LogP contribution in [0, 0.1) is 17.7 Å². The zero-order valence-corrected chi connectivity index (χ0v) is 13.9. The van der Waals surface area contributed by atoms with Gasteiger partial charge in [-0.15, -0.1) is 0 Å². The molecular weight excluding hydrogens is 271 g/mol. The second-order valence-corrected chi connectivity index (χ2v) is 7.32. The summed E-state index contributed by atoms with van der Waals surface area (Å²) in [6.45, 7) is 2.31. The minimum absolute atomic E-state index is 0.0259. The standard InChI is InChI=1S/C21H29F/c1-2-4-16-7-9-17(10-8-16)11-12-18-13-14-20-19(15-18)5-3-6-21(20)22/h3,5-6,15-17H,2,4,7-14H2,1H3. The topological polar surface area (TPSA) is 0 Å². The average molecular weight is 300 g/mol. The van der Waals surface area contributed by atoms with E-state index in [0.29, 0.717) is 0 Å². The first-order valence-corrected chi connectivity index (χ1v) is 9.23. The van der Waals surface area contributed by atoms with Crippen LogP contribution in [0.1, 0.15) is 75.8 Å². The molecule has 0 N–H and O–H groups in total. The molecule has 0 atom stereocenters. The fourth-order valence-electron chi connectivity index (χ4n) is 4.36. The number of fused-ring (bicyclic) bond motifs is 1. The monoisotopic (exact) mass is 300 g/mol. The molecule has 0 spiro atoms. The molecule has 22 heavy (non-hydrogen) atoms. The van der Waals surface area contributed by atoms with Gasteiger partial charge in [-0.1, -0.05) is 69.2 Å². The summed E-state index contributed by atoms with van der Waals surface area (Å²) in [5, 5.41) is 0. The van der Waals surface area contributed by atoms with Crippen LogP contribution in [0.3, 0.4) is 0 Å². The molecule has 0 unspecified atom stereocenters. The second-order valence-electron chi connectivity index (χ2n) is 7.32. The quantitative estimate of drug-likeness (QED) is 0.579. The molecule has 1 aromatic rings. The number of benzene rings is 1. The maximum atomic E-state index is 13.7. The van der Waals surface area contributed by atoms with E-state index in [1.54, 1.807) is 6.07 Å². The van der Waals surface area contributed by atoms with E-state index >= 15 is 0 Å². The maximum Gasteiger partial charge on any atom is 0.127 e. The molecule has 0 saturated heterocycles. The summed E-state index contributed by atoms with van der Waals surface area (Å²) in [6, 6.07) is 5.49. The highest BCUT2D eigenvalue weighted by molar-refractivity contribution is 5.59. The number of hydrogen-bond acceptors (Lipinski definition) is 0. The Morgan fingerprint density at radius 2 is 1.73 bits per heavy atom. The molecule has 0 heterocycles. The molecule has 1 saturated carbocycles. The minimum Gasteiger partial charge on any atom is -0.207 e. The molecule has 0 amide bonds. The van der Waals surface area contributed by atoms with Crippen LogP contribution < -0.4 is 0 Å². The first kappa shape index (κ1) is 15.8. The van der Waals surface area contributed by atoms with Crippen LogP contribution in [0.5, 0.6) is 0 Å². The SMILES string of the molecule is CCCC1CCC(CCC2=Cc3cccc(F)c3CC2)CC1. The Morgan fingerprint density at radius 3 is 2.45 bits per heavy atom. The van der Waals surface area contributed by atoms with E-state index in [9.17, 15) is 4.39 Å². The molecule has 2 aliphatic rings. The summed E-state index contributed by atoms with van der Waals surface area (Å²) in [5.74, 6) is 1.91. The van der Waals surface area contributed by atoms with Crippen molar-refractivity contribution in [3.63, 3.8) is 0 Å². The molecule has 0 aliphatic heterocycles. The average Bonchev–Trinajstić information content (AvgIpc) is 2.55. The van der Waals surface area contributed by atoms with Gasteiger partial charge in [-0.2, -0.15) is 0 Å². The Bertz CT molecular complexity index is 521. The number of rotatable bonds is 5. The van der Waals surface area contributed by atoms with Gasteiger partial charge in [0, 0.05) is 0 Å². The van der Waals surface area contributed by atoms with Crippen molar-refractivity contribution < 1.29 is 4.39 Å². The second kappa shape index (κ2) is 7.44. The van der Waals surface area contributed by atoms with Crippen molar-refractivity contribution >= 4 is 6.08 Å². The third-order valence-corrected chi connectivity index (χ3v) is 5.75. The maximum absolute atomic E-state index is 13.7. The van der Waals surface area contributed by atoms with E-state index in [2.05, 4.69) is 19.1 Å². The largest absolute Gasteiger partial charge is 0.207 e. The molecule has 0 radical (unpaired) electrons. The summed E-state index contributed by atoms with van der Waals surface area (Å²) >= 11 is 0. The Hall–Kier alpha value is -1.11. The van der Waals surface area contributed by atoms with E-state index in [-0.39, 0.29) is 5.82 Å². The highest BCUT2D eigenvalue weighted by Crippen LogP contribution is 2.36. The number of halogens is 1. The molecule has 1 fully saturated rings. The fraction of sp³-hybridized carbons (Fsp3) is 0.619. The molecule has 0 aromatic heterocycles. The van der Waals surface area contributed by atoms with E-state index in [0.717, 1.165) is 35.8 Å². The molecule has 1 aromatic carbocycles. The zero-order valence-electron chi connectivity index (χ0n) is 13.9. The van der Waals surface area contributed by atoms with Gasteiger partial charge in [0.1, 0.15) is 5.82 Å². The first-order valence-electron chi connectivity index (χ1n) is 9.23. The van der Waals surface area contributed by atoms with Crippen molar-refractivity contribution in [1.82, 2.24) is 0 Å². The number of allylic oxidation sites excluding steroid dienone is 1. The van der Waals surface area contributed by atoms with Crippen LogP contribution in [0.15, 0.2) is 23.8 Å². The molecular formula is C21H29F. The van der Waals surface area contributed by atoms with Crippen LogP contribution in [0.4, 0.5) is 4.39 Å².